The molecule has 0 radical (unpaired) electrons. The lowest BCUT2D eigenvalue weighted by molar-refractivity contribution is -0.288. The van der Waals surface area contributed by atoms with Crippen molar-refractivity contribution in [1.29, 1.82) is 0 Å². The summed E-state index contributed by atoms with van der Waals surface area (Å²) in [4.78, 5) is 65.3. The van der Waals surface area contributed by atoms with Crippen molar-refractivity contribution >= 4 is 29.7 Å². The van der Waals surface area contributed by atoms with Crippen LogP contribution in [0.5, 0.6) is 0 Å². The molecule has 9 N–H and O–H groups in total. The van der Waals surface area contributed by atoms with Crippen LogP contribution in [0.2, 0.25) is 0 Å². The highest BCUT2D eigenvalue weighted by atomic mass is 16.7. The van der Waals surface area contributed by atoms with Crippen LogP contribution in [0.25, 0.3) is 0 Å². The first-order chi connectivity index (χ1) is 37.0. The first-order valence-electron chi connectivity index (χ1n) is 30.2. The van der Waals surface area contributed by atoms with Gasteiger partial charge in [0.2, 0.25) is 11.8 Å². The van der Waals surface area contributed by atoms with Crippen molar-refractivity contribution in [2.45, 2.75) is 325 Å². The fourth-order valence-corrected chi connectivity index (χ4v) is 10.4. The van der Waals surface area contributed by atoms with Gasteiger partial charge in [-0.05, 0) is 19.3 Å². The Balaban J connectivity index is 2.28. The van der Waals surface area contributed by atoms with Gasteiger partial charge in [-0.1, -0.05) is 194 Å². The number of unbranched alkanes of at least 4 members (excludes halogenated alkanes) is 24. The van der Waals surface area contributed by atoms with Crippen LogP contribution in [0.1, 0.15) is 246 Å². The second kappa shape index (κ2) is 42.8. The molecule has 2 heterocycles. The fraction of sp³-hybridized carbons (Fsp3) is 0.914. The average molecular weight is 1100 g/mol. The van der Waals surface area contributed by atoms with Crippen LogP contribution in [0, 0.1) is 0 Å². The molecule has 0 aliphatic carbocycles. The third-order valence-corrected chi connectivity index (χ3v) is 14.9. The molecule has 2 aliphatic heterocycles. The minimum Gasteiger partial charge on any atom is -0.481 e. The molecule has 0 spiro atoms. The molecule has 2 fully saturated rings. The molecule has 0 aromatic carbocycles. The van der Waals surface area contributed by atoms with Crippen LogP contribution in [-0.4, -0.2) is 158 Å². The number of aliphatic hydroxyl groups excluding tert-OH is 6. The van der Waals surface area contributed by atoms with Gasteiger partial charge >= 0.3 is 17.9 Å². The molecule has 2 amide bonds. The molecule has 19 nitrogen and oxygen atoms in total. The van der Waals surface area contributed by atoms with Crippen molar-refractivity contribution in [1.82, 2.24) is 10.6 Å². The summed E-state index contributed by atoms with van der Waals surface area (Å²) in [7, 11) is 0. The quantitative estimate of drug-likeness (QED) is 0.0210. The number of hydrogen-bond acceptors (Lipinski definition) is 16. The Kier molecular flexibility index (Phi) is 39.0. The van der Waals surface area contributed by atoms with Crippen molar-refractivity contribution in [3.63, 3.8) is 0 Å². The van der Waals surface area contributed by atoms with E-state index >= 15 is 0 Å². The van der Waals surface area contributed by atoms with Gasteiger partial charge in [-0.25, -0.2) is 0 Å². The van der Waals surface area contributed by atoms with Crippen molar-refractivity contribution in [2.24, 2.45) is 0 Å². The van der Waals surface area contributed by atoms with E-state index in [0.717, 1.165) is 84.0 Å². The maximum absolute atomic E-state index is 13.7. The molecule has 2 rings (SSSR count). The maximum Gasteiger partial charge on any atom is 0.308 e. The summed E-state index contributed by atoms with van der Waals surface area (Å²) in [6.07, 6.45) is 12.0. The Hall–Kier alpha value is -3.01. The summed E-state index contributed by atoms with van der Waals surface area (Å²) in [6, 6.07) is -2.87. The molecule has 77 heavy (non-hydrogen) atoms. The highest BCUT2D eigenvalue weighted by Gasteiger charge is 2.52. The third-order valence-electron chi connectivity index (χ3n) is 14.9. The Morgan fingerprint density at radius 3 is 1.26 bits per heavy atom. The highest BCUT2D eigenvalue weighted by molar-refractivity contribution is 5.77. The van der Waals surface area contributed by atoms with E-state index in [1.807, 2.05) is 0 Å². The molecule has 450 valence electrons. The zero-order valence-electron chi connectivity index (χ0n) is 47.7. The van der Waals surface area contributed by atoms with Gasteiger partial charge in [0, 0.05) is 6.92 Å². The number of ether oxygens (including phenoxy) is 5. The number of aliphatic hydroxyl groups is 6. The zero-order chi connectivity index (χ0) is 56.8. The molecular weight excluding hydrogens is 997 g/mol. The normalized spacial score (nSPS) is 24.6. The number of carbonyl (C=O) groups excluding carboxylic acids is 4. The summed E-state index contributed by atoms with van der Waals surface area (Å²) in [6.45, 7) is 6.22. The second-order valence-corrected chi connectivity index (χ2v) is 22.0. The van der Waals surface area contributed by atoms with Gasteiger partial charge in [-0.15, -0.1) is 0 Å². The van der Waals surface area contributed by atoms with Crippen LogP contribution in [0.3, 0.4) is 0 Å². The van der Waals surface area contributed by atoms with Crippen LogP contribution >= 0.6 is 0 Å². The topological polar surface area (TPSA) is 297 Å². The fourth-order valence-electron chi connectivity index (χ4n) is 10.4. The van der Waals surface area contributed by atoms with Gasteiger partial charge in [-0.2, -0.15) is 0 Å². The summed E-state index contributed by atoms with van der Waals surface area (Å²) in [5, 5.41) is 81.4. The van der Waals surface area contributed by atoms with Gasteiger partial charge < -0.3 is 70.1 Å². The zero-order valence-corrected chi connectivity index (χ0v) is 47.7. The number of amides is 2. The van der Waals surface area contributed by atoms with Crippen LogP contribution < -0.4 is 10.6 Å². The van der Waals surface area contributed by atoms with Gasteiger partial charge in [0.1, 0.15) is 30.5 Å². The predicted molar refractivity (Wildman–Crippen MR) is 291 cm³/mol. The molecule has 0 saturated carbocycles. The molecule has 13 atom stereocenters. The van der Waals surface area contributed by atoms with E-state index in [0.29, 0.717) is 38.5 Å². The van der Waals surface area contributed by atoms with Crippen molar-refractivity contribution in [2.75, 3.05) is 13.2 Å². The third kappa shape index (κ3) is 31.0. The Morgan fingerprint density at radius 2 is 0.870 bits per heavy atom. The predicted octanol–water partition coefficient (Wildman–Crippen LogP) is 7.51. The summed E-state index contributed by atoms with van der Waals surface area (Å²) in [5.74, 6) is -4.51. The van der Waals surface area contributed by atoms with E-state index in [2.05, 4.69) is 31.4 Å². The van der Waals surface area contributed by atoms with E-state index in [1.54, 1.807) is 0 Å². The van der Waals surface area contributed by atoms with Crippen molar-refractivity contribution in [3.8, 4) is 0 Å². The van der Waals surface area contributed by atoms with E-state index in [4.69, 9.17) is 23.7 Å². The minimum absolute atomic E-state index is 0.325. The number of esters is 2. The Bertz CT molecular complexity index is 1580. The molecule has 10 unspecified atom stereocenters. The number of carboxylic acids is 1. The van der Waals surface area contributed by atoms with E-state index in [-0.39, 0.29) is 6.42 Å². The summed E-state index contributed by atoms with van der Waals surface area (Å²) < 4.78 is 29.7. The van der Waals surface area contributed by atoms with Crippen LogP contribution in [-0.2, 0) is 47.7 Å². The monoisotopic (exact) mass is 1100 g/mol. The van der Waals surface area contributed by atoms with Crippen LogP contribution in [0.4, 0.5) is 0 Å². The van der Waals surface area contributed by atoms with Crippen molar-refractivity contribution < 1.29 is 83.4 Å². The van der Waals surface area contributed by atoms with Crippen molar-refractivity contribution in [3.05, 3.63) is 0 Å². The molecule has 0 aromatic heterocycles. The smallest absolute Gasteiger partial charge is 0.308 e. The largest absolute Gasteiger partial charge is 0.481 e. The number of hydrogen-bond donors (Lipinski definition) is 9. The number of rotatable bonds is 46. The molecule has 2 saturated heterocycles. The summed E-state index contributed by atoms with van der Waals surface area (Å²) >= 11 is 0. The second-order valence-electron chi connectivity index (χ2n) is 22.0. The van der Waals surface area contributed by atoms with Gasteiger partial charge in [0.15, 0.2) is 18.5 Å². The van der Waals surface area contributed by atoms with Gasteiger partial charge in [-0.3, -0.25) is 24.0 Å². The van der Waals surface area contributed by atoms with Gasteiger partial charge in [0.05, 0.1) is 69.4 Å². The first-order valence-corrected chi connectivity index (χ1v) is 30.2. The first kappa shape index (κ1) is 70.1. The number of nitrogens with one attached hydrogen (secondary N) is 2. The lowest BCUT2D eigenvalue weighted by atomic mass is 9.90. The number of aliphatic carboxylic acids is 1. The molecule has 0 aromatic rings. The Labute approximate surface area is 461 Å². The molecule has 19 heteroatoms. The average Bonchev–Trinajstić information content (AvgIpc) is 3.37. The highest BCUT2D eigenvalue weighted by Crippen LogP contribution is 2.31. The molecular formula is C58H106N2O17. The Morgan fingerprint density at radius 1 is 0.494 bits per heavy atom. The number of carbonyl (C=O) groups is 5. The molecule has 2 aliphatic rings. The molecule has 0 bridgehead atoms. The van der Waals surface area contributed by atoms with E-state index < -0.39 is 142 Å². The SMILES string of the molecule is CCCCCCCCCCC[C@@H](O)CC(=O)NC1C(OCC2OC(CC(=O)O)C(NC(C)=O)C(OC(=O)C[C@H](O)CCCCCCCCCCC)C2O)OC(CO)C(O)C1OC(=O)C[C@H](O)CCCCCCCCCCC. The van der Waals surface area contributed by atoms with E-state index in [1.165, 1.54) is 77.0 Å². The lowest BCUT2D eigenvalue weighted by Gasteiger charge is -2.46. The lowest BCUT2D eigenvalue weighted by Crippen LogP contribution is -2.67. The van der Waals surface area contributed by atoms with Gasteiger partial charge in [0.25, 0.3) is 0 Å². The van der Waals surface area contributed by atoms with Crippen LogP contribution in [0.15, 0.2) is 0 Å². The minimum atomic E-state index is -1.79. The van der Waals surface area contributed by atoms with E-state index in [9.17, 15) is 59.7 Å². The standard InChI is InChI=1S/C58H106N2O17/c1-5-8-11-14-17-20-23-26-29-32-42(63)35-48(66)60-53-57(77-51(70)37-44(65)34-31-28-25-22-19-16-13-10-7-3)54(71)46(39-61)75-58(53)73-40-47-55(72)56(52(59-41(4)62)45(74-47)38-49(67)68)76-50(69)36-43(64)33-30-27-24-21-18-15-12-9-6-2/h42-47,52-58,61,63-65,71-72H,5-40H2,1-4H3,(H,59,62)(H,60,66)(H,67,68)/t42-,43-,44-,45?,46?,47?,52?,53?,54?,55?,56?,57?,58?/m1/s1. The maximum atomic E-state index is 13.7. The summed E-state index contributed by atoms with van der Waals surface area (Å²) in [5.41, 5.74) is 0. The number of carboxylic acid groups (broad SMARTS) is 1.